The van der Waals surface area contributed by atoms with Crippen molar-refractivity contribution in [3.8, 4) is 0 Å². The van der Waals surface area contributed by atoms with Gasteiger partial charge in [0.15, 0.2) is 0 Å². The Balaban J connectivity index is 2.48. The van der Waals surface area contributed by atoms with Crippen LogP contribution in [-0.4, -0.2) is 31.8 Å². The molecule has 6 heteroatoms. The first-order valence-corrected chi connectivity index (χ1v) is 4.57. The van der Waals surface area contributed by atoms with Crippen molar-refractivity contribution in [2.45, 2.75) is 19.5 Å². The Morgan fingerprint density at radius 1 is 1.43 bits per heavy atom. The van der Waals surface area contributed by atoms with E-state index in [1.807, 2.05) is 9.47 Å². The first kappa shape index (κ1) is 11.6. The standard InChI is InChI=1S/C8H13O5P/c1-5(2)6(9)12-7-8(13-14)11-4-3-10-7/h7-8H,1,3-4,14H2,2H3. The Morgan fingerprint density at radius 2 is 2.00 bits per heavy atom. The molecular weight excluding hydrogens is 207 g/mol. The van der Waals surface area contributed by atoms with Gasteiger partial charge in [-0.1, -0.05) is 6.58 Å². The lowest BCUT2D eigenvalue weighted by molar-refractivity contribution is -0.284. The minimum atomic E-state index is -0.828. The largest absolute Gasteiger partial charge is 0.427 e. The SMILES string of the molecule is C=C(C)C(=O)OC1OCCOC1OP. The van der Waals surface area contributed by atoms with Crippen LogP contribution in [-0.2, 0) is 23.5 Å². The van der Waals surface area contributed by atoms with Gasteiger partial charge in [0.25, 0.3) is 6.29 Å². The summed E-state index contributed by atoms with van der Waals surface area (Å²) in [6.07, 6.45) is -1.53. The highest BCUT2D eigenvalue weighted by molar-refractivity contribution is 7.09. The summed E-state index contributed by atoms with van der Waals surface area (Å²) >= 11 is 0. The van der Waals surface area contributed by atoms with Gasteiger partial charge >= 0.3 is 5.97 Å². The van der Waals surface area contributed by atoms with E-state index in [4.69, 9.17) is 18.7 Å². The topological polar surface area (TPSA) is 54.0 Å². The molecule has 5 nitrogen and oxygen atoms in total. The summed E-state index contributed by atoms with van der Waals surface area (Å²) < 4.78 is 20.1. The lowest BCUT2D eigenvalue weighted by atomic mass is 10.4. The summed E-state index contributed by atoms with van der Waals surface area (Å²) in [5.41, 5.74) is 0.307. The first-order valence-electron chi connectivity index (χ1n) is 4.10. The van der Waals surface area contributed by atoms with E-state index in [-0.39, 0.29) is 0 Å². The van der Waals surface area contributed by atoms with Gasteiger partial charge in [-0.25, -0.2) is 4.79 Å². The number of carbonyl (C=O) groups excluding carboxylic acids is 1. The number of rotatable bonds is 3. The molecule has 1 fully saturated rings. The lowest BCUT2D eigenvalue weighted by Gasteiger charge is -2.29. The van der Waals surface area contributed by atoms with Crippen LogP contribution >= 0.6 is 9.47 Å². The molecule has 0 aromatic rings. The molecule has 0 aliphatic carbocycles. The predicted octanol–water partition coefficient (Wildman–Crippen LogP) is 0.611. The molecule has 1 heterocycles. The maximum atomic E-state index is 11.2. The van der Waals surface area contributed by atoms with Crippen molar-refractivity contribution in [3.63, 3.8) is 0 Å². The molecule has 1 aliphatic heterocycles. The van der Waals surface area contributed by atoms with Crippen molar-refractivity contribution in [2.24, 2.45) is 0 Å². The van der Waals surface area contributed by atoms with Crippen LogP contribution in [0.4, 0.5) is 0 Å². The van der Waals surface area contributed by atoms with Crippen molar-refractivity contribution in [3.05, 3.63) is 12.2 Å². The smallest absolute Gasteiger partial charge is 0.335 e. The van der Waals surface area contributed by atoms with Gasteiger partial charge in [-0.05, 0) is 6.92 Å². The molecule has 3 unspecified atom stereocenters. The number of ether oxygens (including phenoxy) is 3. The number of carbonyl (C=O) groups is 1. The molecule has 1 saturated heterocycles. The summed E-state index contributed by atoms with van der Waals surface area (Å²) in [5.74, 6) is -0.521. The van der Waals surface area contributed by atoms with Gasteiger partial charge < -0.3 is 18.7 Å². The summed E-state index contributed by atoms with van der Waals surface area (Å²) in [6.45, 7) is 5.80. The van der Waals surface area contributed by atoms with E-state index in [1.54, 1.807) is 6.92 Å². The monoisotopic (exact) mass is 220 g/mol. The Morgan fingerprint density at radius 3 is 2.50 bits per heavy atom. The molecule has 0 amide bonds. The zero-order chi connectivity index (χ0) is 10.6. The molecule has 0 N–H and O–H groups in total. The van der Waals surface area contributed by atoms with Gasteiger partial charge in [0.2, 0.25) is 6.29 Å². The molecule has 1 rings (SSSR count). The zero-order valence-electron chi connectivity index (χ0n) is 7.89. The molecule has 14 heavy (non-hydrogen) atoms. The Bertz CT molecular complexity index is 230. The number of esters is 1. The molecule has 80 valence electrons. The van der Waals surface area contributed by atoms with Crippen LogP contribution in [0.5, 0.6) is 0 Å². The van der Waals surface area contributed by atoms with Crippen LogP contribution < -0.4 is 0 Å². The van der Waals surface area contributed by atoms with Gasteiger partial charge in [0.1, 0.15) is 0 Å². The highest BCUT2D eigenvalue weighted by Crippen LogP contribution is 2.16. The second-order valence-corrected chi connectivity index (χ2v) is 3.07. The van der Waals surface area contributed by atoms with Crippen LogP contribution in [0.1, 0.15) is 6.92 Å². The van der Waals surface area contributed by atoms with E-state index in [0.29, 0.717) is 18.8 Å². The second kappa shape index (κ2) is 5.41. The van der Waals surface area contributed by atoms with Crippen LogP contribution in [0, 0.1) is 0 Å². The molecule has 0 bridgehead atoms. The van der Waals surface area contributed by atoms with Crippen molar-refractivity contribution >= 4 is 15.4 Å². The second-order valence-electron chi connectivity index (χ2n) is 2.80. The number of hydrogen-bond donors (Lipinski definition) is 0. The van der Waals surface area contributed by atoms with E-state index in [0.717, 1.165) is 0 Å². The van der Waals surface area contributed by atoms with E-state index in [1.165, 1.54) is 0 Å². The lowest BCUT2D eigenvalue weighted by Crippen LogP contribution is -2.41. The van der Waals surface area contributed by atoms with E-state index < -0.39 is 18.5 Å². The summed E-state index contributed by atoms with van der Waals surface area (Å²) in [6, 6.07) is 0. The Hall–Kier alpha value is -0.480. The van der Waals surface area contributed by atoms with Gasteiger partial charge in [0.05, 0.1) is 13.2 Å². The maximum Gasteiger partial charge on any atom is 0.335 e. The summed E-state index contributed by atoms with van der Waals surface area (Å²) in [5, 5.41) is 0. The normalized spacial score (nSPS) is 27.0. The quantitative estimate of drug-likeness (QED) is 0.396. The summed E-state index contributed by atoms with van der Waals surface area (Å²) in [7, 11) is 2.04. The van der Waals surface area contributed by atoms with Crippen molar-refractivity contribution in [1.82, 2.24) is 0 Å². The van der Waals surface area contributed by atoms with Crippen molar-refractivity contribution in [1.29, 1.82) is 0 Å². The van der Waals surface area contributed by atoms with Crippen LogP contribution in [0.3, 0.4) is 0 Å². The van der Waals surface area contributed by atoms with Gasteiger partial charge in [-0.2, -0.15) is 0 Å². The molecule has 3 atom stereocenters. The third-order valence-electron chi connectivity index (χ3n) is 1.58. The molecule has 0 aromatic heterocycles. The molecule has 0 radical (unpaired) electrons. The minimum absolute atomic E-state index is 0.307. The van der Waals surface area contributed by atoms with Crippen LogP contribution in [0.15, 0.2) is 12.2 Å². The van der Waals surface area contributed by atoms with E-state index in [2.05, 4.69) is 6.58 Å². The molecular formula is C8H13O5P. The highest BCUT2D eigenvalue weighted by Gasteiger charge is 2.30. The van der Waals surface area contributed by atoms with Crippen LogP contribution in [0.25, 0.3) is 0 Å². The molecule has 1 aliphatic rings. The average molecular weight is 220 g/mol. The van der Waals surface area contributed by atoms with Gasteiger partial charge in [0, 0.05) is 15.0 Å². The third-order valence-corrected chi connectivity index (χ3v) is 1.84. The minimum Gasteiger partial charge on any atom is -0.427 e. The number of hydrogen-bond acceptors (Lipinski definition) is 5. The first-order chi connectivity index (χ1) is 6.65. The highest BCUT2D eigenvalue weighted by atomic mass is 31.0. The maximum absolute atomic E-state index is 11.2. The van der Waals surface area contributed by atoms with Gasteiger partial charge in [-0.3, -0.25) is 0 Å². The van der Waals surface area contributed by atoms with Crippen molar-refractivity contribution < 1.29 is 23.5 Å². The average Bonchev–Trinajstić information content (AvgIpc) is 2.18. The molecule has 0 aromatic carbocycles. The van der Waals surface area contributed by atoms with Crippen molar-refractivity contribution in [2.75, 3.05) is 13.2 Å². The zero-order valence-corrected chi connectivity index (χ0v) is 9.05. The van der Waals surface area contributed by atoms with Crippen LogP contribution in [0.2, 0.25) is 0 Å². The van der Waals surface area contributed by atoms with E-state index in [9.17, 15) is 4.79 Å². The Labute approximate surface area is 84.6 Å². The molecule has 0 saturated carbocycles. The third kappa shape index (κ3) is 3.03. The fourth-order valence-corrected chi connectivity index (χ4v) is 1.09. The Kier molecular flexibility index (Phi) is 4.48. The molecule has 0 spiro atoms. The fraction of sp³-hybridized carbons (Fsp3) is 0.625. The fourth-order valence-electron chi connectivity index (χ4n) is 0.885. The van der Waals surface area contributed by atoms with Gasteiger partial charge in [-0.15, -0.1) is 0 Å². The van der Waals surface area contributed by atoms with E-state index >= 15 is 0 Å². The predicted molar refractivity (Wildman–Crippen MR) is 51.2 cm³/mol. The summed E-state index contributed by atoms with van der Waals surface area (Å²) in [4.78, 5) is 11.2.